The van der Waals surface area contributed by atoms with Crippen LogP contribution in [0.25, 0.3) is 0 Å². The molecule has 0 rings (SSSR count). The van der Waals surface area contributed by atoms with Crippen LogP contribution < -0.4 is 5.73 Å². The molecule has 0 aliphatic heterocycles. The van der Waals surface area contributed by atoms with Crippen molar-refractivity contribution in [2.45, 2.75) is 25.8 Å². The van der Waals surface area contributed by atoms with E-state index in [0.29, 0.717) is 19.5 Å². The number of carbonyl (C=O) groups excluding carboxylic acids is 1. The van der Waals surface area contributed by atoms with Crippen LogP contribution in [0.1, 0.15) is 19.8 Å². The number of rotatable bonds is 6. The molecule has 0 heterocycles. The highest BCUT2D eigenvalue weighted by Gasteiger charge is 1.97. The molecule has 0 amide bonds. The third-order valence-corrected chi connectivity index (χ3v) is 1.13. The first-order valence-electron chi connectivity index (χ1n) is 3.60. The molecule has 2 N–H and O–H groups in total. The largest absolute Gasteiger partial charge is 0.379 e. The zero-order valence-corrected chi connectivity index (χ0v) is 7.60. The molecular weight excluding hydrogens is 166 g/mol. The van der Waals surface area contributed by atoms with Crippen molar-refractivity contribution in [3.8, 4) is 0 Å². The van der Waals surface area contributed by atoms with Gasteiger partial charge >= 0.3 is 0 Å². The number of hydrogen-bond donors (Lipinski definition) is 1. The first kappa shape index (κ1) is 13.5. The van der Waals surface area contributed by atoms with Gasteiger partial charge in [0.15, 0.2) is 0 Å². The molecule has 0 aliphatic carbocycles. The van der Waals surface area contributed by atoms with Crippen LogP contribution in [-0.2, 0) is 9.53 Å². The maximum atomic E-state index is 9.96. The van der Waals surface area contributed by atoms with Crippen molar-refractivity contribution in [2.24, 2.45) is 5.73 Å². The van der Waals surface area contributed by atoms with Crippen LogP contribution in [-0.4, -0.2) is 25.5 Å². The summed E-state index contributed by atoms with van der Waals surface area (Å²) < 4.78 is 5.07. The summed E-state index contributed by atoms with van der Waals surface area (Å²) in [5, 5.41) is 0. The highest BCUT2D eigenvalue weighted by Crippen LogP contribution is 1.87. The molecule has 0 radical (unpaired) electrons. The number of hydrogen-bond acceptors (Lipinski definition) is 3. The molecule has 0 saturated heterocycles. The molecule has 0 saturated carbocycles. The molecule has 0 fully saturated rings. The monoisotopic (exact) mass is 181 g/mol. The number of nitrogens with two attached hydrogens (primary N) is 1. The van der Waals surface area contributed by atoms with Crippen molar-refractivity contribution in [3.05, 3.63) is 0 Å². The molecule has 0 aromatic carbocycles. The summed E-state index contributed by atoms with van der Waals surface area (Å²) in [6.45, 7) is 3.14. The standard InChI is InChI=1S/C7H15NO2.ClH/c1-2-3-4-10-6-7(8)5-9;/h5,7H,2-4,6,8H2,1H3;1H. The van der Waals surface area contributed by atoms with Crippen molar-refractivity contribution in [1.82, 2.24) is 0 Å². The van der Waals surface area contributed by atoms with Crippen molar-refractivity contribution >= 4 is 18.7 Å². The quantitative estimate of drug-likeness (QED) is 0.486. The Labute approximate surface area is 73.7 Å². The highest BCUT2D eigenvalue weighted by molar-refractivity contribution is 5.85. The zero-order chi connectivity index (χ0) is 7.82. The smallest absolute Gasteiger partial charge is 0.139 e. The van der Waals surface area contributed by atoms with Crippen LogP contribution in [0.3, 0.4) is 0 Å². The second-order valence-corrected chi connectivity index (χ2v) is 2.23. The van der Waals surface area contributed by atoms with E-state index in [1.807, 2.05) is 0 Å². The van der Waals surface area contributed by atoms with Crippen molar-refractivity contribution < 1.29 is 9.53 Å². The molecule has 68 valence electrons. The van der Waals surface area contributed by atoms with Crippen LogP contribution in [0, 0.1) is 0 Å². The second kappa shape index (κ2) is 9.88. The van der Waals surface area contributed by atoms with E-state index in [0.717, 1.165) is 12.8 Å². The van der Waals surface area contributed by atoms with E-state index in [9.17, 15) is 4.79 Å². The SMILES string of the molecule is CCCCOCC(N)C=O.Cl. The van der Waals surface area contributed by atoms with Gasteiger partial charge in [-0.1, -0.05) is 13.3 Å². The minimum atomic E-state index is -0.447. The van der Waals surface area contributed by atoms with Gasteiger partial charge in [0.1, 0.15) is 6.29 Å². The highest BCUT2D eigenvalue weighted by atomic mass is 35.5. The summed E-state index contributed by atoms with van der Waals surface area (Å²) in [6.07, 6.45) is 2.84. The van der Waals surface area contributed by atoms with Gasteiger partial charge in [-0.05, 0) is 6.42 Å². The van der Waals surface area contributed by atoms with E-state index in [1.54, 1.807) is 0 Å². The third kappa shape index (κ3) is 9.88. The van der Waals surface area contributed by atoms with E-state index >= 15 is 0 Å². The van der Waals surface area contributed by atoms with E-state index < -0.39 is 6.04 Å². The van der Waals surface area contributed by atoms with E-state index in [4.69, 9.17) is 10.5 Å². The van der Waals surface area contributed by atoms with Gasteiger partial charge in [-0.2, -0.15) is 0 Å². The molecule has 0 aliphatic rings. The lowest BCUT2D eigenvalue weighted by Gasteiger charge is -2.03. The summed E-state index contributed by atoms with van der Waals surface area (Å²) in [5.41, 5.74) is 5.26. The van der Waals surface area contributed by atoms with Gasteiger partial charge in [0, 0.05) is 6.61 Å². The van der Waals surface area contributed by atoms with Crippen molar-refractivity contribution in [1.29, 1.82) is 0 Å². The Kier molecular flexibility index (Phi) is 12.1. The van der Waals surface area contributed by atoms with Crippen LogP contribution >= 0.6 is 12.4 Å². The van der Waals surface area contributed by atoms with Gasteiger partial charge in [-0.15, -0.1) is 12.4 Å². The fraction of sp³-hybridized carbons (Fsp3) is 0.857. The van der Waals surface area contributed by atoms with Crippen LogP contribution in [0.5, 0.6) is 0 Å². The summed E-state index contributed by atoms with van der Waals surface area (Å²) >= 11 is 0. The normalized spacial score (nSPS) is 11.8. The predicted octanol–water partition coefficient (Wildman–Crippen LogP) is 0.751. The number of halogens is 1. The fourth-order valence-corrected chi connectivity index (χ4v) is 0.505. The van der Waals surface area contributed by atoms with Gasteiger partial charge in [0.05, 0.1) is 12.6 Å². The lowest BCUT2D eigenvalue weighted by atomic mass is 10.3. The van der Waals surface area contributed by atoms with Gasteiger partial charge in [-0.3, -0.25) is 0 Å². The first-order valence-corrected chi connectivity index (χ1v) is 3.60. The minimum absolute atomic E-state index is 0. The number of ether oxygens (including phenoxy) is 1. The summed E-state index contributed by atoms with van der Waals surface area (Å²) in [5.74, 6) is 0. The van der Waals surface area contributed by atoms with Crippen LogP contribution in [0.2, 0.25) is 0 Å². The van der Waals surface area contributed by atoms with Crippen molar-refractivity contribution in [3.63, 3.8) is 0 Å². The molecule has 3 nitrogen and oxygen atoms in total. The number of carbonyl (C=O) groups is 1. The van der Waals surface area contributed by atoms with Gasteiger partial charge < -0.3 is 15.3 Å². The molecule has 1 atom stereocenters. The fourth-order valence-electron chi connectivity index (χ4n) is 0.505. The van der Waals surface area contributed by atoms with Crippen molar-refractivity contribution in [2.75, 3.05) is 13.2 Å². The lowest BCUT2D eigenvalue weighted by molar-refractivity contribution is -0.110. The average Bonchev–Trinajstić information content (AvgIpc) is 1.98. The molecule has 4 heteroatoms. The Morgan fingerprint density at radius 2 is 2.27 bits per heavy atom. The van der Waals surface area contributed by atoms with E-state index in [2.05, 4.69) is 6.92 Å². The Bertz CT molecular complexity index is 90.5. The average molecular weight is 182 g/mol. The molecule has 0 bridgehead atoms. The number of unbranched alkanes of at least 4 members (excludes halogenated alkanes) is 1. The van der Waals surface area contributed by atoms with Gasteiger partial charge in [0.2, 0.25) is 0 Å². The maximum absolute atomic E-state index is 9.96. The van der Waals surface area contributed by atoms with Crippen LogP contribution in [0.4, 0.5) is 0 Å². The Balaban J connectivity index is 0. The van der Waals surface area contributed by atoms with Gasteiger partial charge in [-0.25, -0.2) is 0 Å². The second-order valence-electron chi connectivity index (χ2n) is 2.23. The predicted molar refractivity (Wildman–Crippen MR) is 47.0 cm³/mol. The first-order chi connectivity index (χ1) is 4.81. The Hall–Kier alpha value is -0.120. The summed E-state index contributed by atoms with van der Waals surface area (Å²) in [4.78, 5) is 9.96. The Morgan fingerprint density at radius 3 is 2.73 bits per heavy atom. The number of aldehydes is 1. The molecule has 0 spiro atoms. The molecular formula is C7H16ClNO2. The van der Waals surface area contributed by atoms with Gasteiger partial charge in [0.25, 0.3) is 0 Å². The maximum Gasteiger partial charge on any atom is 0.139 e. The Morgan fingerprint density at radius 1 is 1.64 bits per heavy atom. The van der Waals surface area contributed by atoms with E-state index in [-0.39, 0.29) is 12.4 Å². The zero-order valence-electron chi connectivity index (χ0n) is 6.79. The summed E-state index contributed by atoms with van der Waals surface area (Å²) in [7, 11) is 0. The molecule has 0 aromatic heterocycles. The topological polar surface area (TPSA) is 52.3 Å². The molecule has 11 heavy (non-hydrogen) atoms. The van der Waals surface area contributed by atoms with Crippen LogP contribution in [0.15, 0.2) is 0 Å². The lowest BCUT2D eigenvalue weighted by Crippen LogP contribution is -2.27. The van der Waals surface area contributed by atoms with E-state index in [1.165, 1.54) is 0 Å². The minimum Gasteiger partial charge on any atom is -0.379 e. The molecule has 0 aromatic rings. The summed E-state index contributed by atoms with van der Waals surface area (Å²) in [6, 6.07) is -0.447. The third-order valence-electron chi connectivity index (χ3n) is 1.13. The molecule has 1 unspecified atom stereocenters.